The Morgan fingerprint density at radius 3 is 2.63 bits per heavy atom. The number of fused-ring (bicyclic) bond motifs is 1. The van der Waals surface area contributed by atoms with E-state index in [1.165, 1.54) is 35.8 Å². The molecular formula is C20H26FN5O3S. The highest BCUT2D eigenvalue weighted by Gasteiger charge is 2.51. The van der Waals surface area contributed by atoms with Gasteiger partial charge in [0.15, 0.2) is 0 Å². The van der Waals surface area contributed by atoms with Crippen LogP contribution in [-0.4, -0.2) is 77.0 Å². The van der Waals surface area contributed by atoms with Crippen molar-refractivity contribution in [2.24, 2.45) is 5.92 Å². The summed E-state index contributed by atoms with van der Waals surface area (Å²) in [6.45, 7) is 1.55. The molecule has 2 N–H and O–H groups in total. The SMILES string of the molecule is CN1C(=O)C2C(SCC(=O)N3CCCC3)NC(c3cccc(F)c3)NC2N(C)C1=O. The van der Waals surface area contributed by atoms with E-state index in [4.69, 9.17) is 0 Å². The normalized spacial score (nSPS) is 29.4. The molecular weight excluding hydrogens is 409 g/mol. The Hall–Kier alpha value is -2.17. The van der Waals surface area contributed by atoms with Crippen LogP contribution >= 0.6 is 11.8 Å². The van der Waals surface area contributed by atoms with Gasteiger partial charge in [0.2, 0.25) is 11.8 Å². The zero-order chi connectivity index (χ0) is 21.4. The number of urea groups is 1. The molecule has 4 rings (SSSR count). The monoisotopic (exact) mass is 435 g/mol. The Kier molecular flexibility index (Phi) is 5.99. The fourth-order valence-corrected chi connectivity index (χ4v) is 5.51. The number of hydrogen-bond acceptors (Lipinski definition) is 6. The highest BCUT2D eigenvalue weighted by Crippen LogP contribution is 2.34. The maximum absolute atomic E-state index is 13.8. The number of carbonyl (C=O) groups is 3. The molecule has 0 aromatic heterocycles. The minimum atomic E-state index is -0.570. The molecule has 0 saturated carbocycles. The van der Waals surface area contributed by atoms with Gasteiger partial charge in [0, 0.05) is 27.2 Å². The van der Waals surface area contributed by atoms with Crippen molar-refractivity contribution in [3.63, 3.8) is 0 Å². The number of halogens is 1. The maximum atomic E-state index is 13.8. The molecule has 3 fully saturated rings. The third kappa shape index (κ3) is 3.91. The topological polar surface area (TPSA) is 85.0 Å². The fraction of sp³-hybridized carbons (Fsp3) is 0.550. The van der Waals surface area contributed by atoms with E-state index in [0.29, 0.717) is 5.56 Å². The number of nitrogens with one attached hydrogen (secondary N) is 2. The first-order chi connectivity index (χ1) is 14.4. The molecule has 162 valence electrons. The lowest BCUT2D eigenvalue weighted by Crippen LogP contribution is -2.72. The van der Waals surface area contributed by atoms with E-state index in [9.17, 15) is 18.8 Å². The Morgan fingerprint density at radius 2 is 1.93 bits per heavy atom. The van der Waals surface area contributed by atoms with Gasteiger partial charge >= 0.3 is 6.03 Å². The summed E-state index contributed by atoms with van der Waals surface area (Å²) in [7, 11) is 3.11. The number of nitrogens with zero attached hydrogens (tertiary/aromatic N) is 3. The summed E-state index contributed by atoms with van der Waals surface area (Å²) >= 11 is 1.37. The van der Waals surface area contributed by atoms with Crippen molar-refractivity contribution in [3.05, 3.63) is 35.6 Å². The van der Waals surface area contributed by atoms with Crippen LogP contribution in [0.25, 0.3) is 0 Å². The van der Waals surface area contributed by atoms with Crippen molar-refractivity contribution in [2.75, 3.05) is 32.9 Å². The highest BCUT2D eigenvalue weighted by atomic mass is 32.2. The summed E-state index contributed by atoms with van der Waals surface area (Å²) in [5.74, 6) is -0.940. The van der Waals surface area contributed by atoms with Crippen LogP contribution in [-0.2, 0) is 9.59 Å². The van der Waals surface area contributed by atoms with Crippen LogP contribution in [0.3, 0.4) is 0 Å². The average molecular weight is 436 g/mol. The fourth-order valence-electron chi connectivity index (χ4n) is 4.30. The molecule has 0 bridgehead atoms. The lowest BCUT2D eigenvalue weighted by Gasteiger charge is -2.50. The van der Waals surface area contributed by atoms with Crippen molar-refractivity contribution >= 4 is 29.6 Å². The summed E-state index contributed by atoms with van der Waals surface area (Å²) in [6, 6.07) is 5.79. The van der Waals surface area contributed by atoms with Crippen molar-refractivity contribution in [3.8, 4) is 0 Å². The van der Waals surface area contributed by atoms with E-state index in [0.717, 1.165) is 30.8 Å². The van der Waals surface area contributed by atoms with Crippen LogP contribution in [0.2, 0.25) is 0 Å². The van der Waals surface area contributed by atoms with Crippen molar-refractivity contribution in [1.82, 2.24) is 25.3 Å². The number of hydrogen-bond donors (Lipinski definition) is 2. The molecule has 4 atom stereocenters. The summed E-state index contributed by atoms with van der Waals surface area (Å²) in [5.41, 5.74) is 0.664. The van der Waals surface area contributed by atoms with Gasteiger partial charge in [-0.2, -0.15) is 0 Å². The Bertz CT molecular complexity index is 849. The molecule has 3 heterocycles. The molecule has 8 nitrogen and oxygen atoms in total. The zero-order valence-corrected chi connectivity index (χ0v) is 17.8. The van der Waals surface area contributed by atoms with Crippen molar-refractivity contribution in [1.29, 1.82) is 0 Å². The molecule has 4 amide bonds. The summed E-state index contributed by atoms with van der Waals surface area (Å²) in [5, 5.41) is 6.22. The number of thioether (sulfide) groups is 1. The van der Waals surface area contributed by atoms with Gasteiger partial charge in [0.05, 0.1) is 29.4 Å². The Morgan fingerprint density at radius 1 is 1.20 bits per heavy atom. The molecule has 3 saturated heterocycles. The average Bonchev–Trinajstić information content (AvgIpc) is 3.29. The van der Waals surface area contributed by atoms with Gasteiger partial charge < -0.3 is 9.80 Å². The zero-order valence-electron chi connectivity index (χ0n) is 17.0. The summed E-state index contributed by atoms with van der Waals surface area (Å²) < 4.78 is 13.8. The van der Waals surface area contributed by atoms with E-state index < -0.39 is 29.7 Å². The molecule has 1 aromatic rings. The molecule has 3 aliphatic rings. The van der Waals surface area contributed by atoms with Crippen LogP contribution < -0.4 is 10.6 Å². The third-order valence-corrected chi connectivity index (χ3v) is 7.19. The predicted molar refractivity (Wildman–Crippen MR) is 111 cm³/mol. The second-order valence-electron chi connectivity index (χ2n) is 7.90. The van der Waals surface area contributed by atoms with Crippen molar-refractivity contribution < 1.29 is 18.8 Å². The van der Waals surface area contributed by atoms with Gasteiger partial charge in [0.1, 0.15) is 5.82 Å². The minimum absolute atomic E-state index is 0.0535. The number of amides is 4. The quantitative estimate of drug-likeness (QED) is 0.739. The molecule has 0 radical (unpaired) electrons. The van der Waals surface area contributed by atoms with Gasteiger partial charge in [-0.1, -0.05) is 12.1 Å². The van der Waals surface area contributed by atoms with Crippen LogP contribution in [0, 0.1) is 11.7 Å². The number of carbonyl (C=O) groups excluding carboxylic acids is 3. The van der Waals surface area contributed by atoms with Gasteiger partial charge in [-0.05, 0) is 30.5 Å². The lowest BCUT2D eigenvalue weighted by atomic mass is 9.96. The van der Waals surface area contributed by atoms with E-state index in [-0.39, 0.29) is 23.4 Å². The predicted octanol–water partition coefficient (Wildman–Crippen LogP) is 1.16. The third-order valence-electron chi connectivity index (χ3n) is 5.98. The number of rotatable bonds is 4. The van der Waals surface area contributed by atoms with Crippen LogP contribution in [0.5, 0.6) is 0 Å². The van der Waals surface area contributed by atoms with Crippen LogP contribution in [0.1, 0.15) is 24.6 Å². The largest absolute Gasteiger partial charge is 0.342 e. The van der Waals surface area contributed by atoms with Gasteiger partial charge in [0.25, 0.3) is 0 Å². The molecule has 0 aliphatic carbocycles. The minimum Gasteiger partial charge on any atom is -0.342 e. The maximum Gasteiger partial charge on any atom is 0.327 e. The van der Waals surface area contributed by atoms with Crippen LogP contribution in [0.15, 0.2) is 24.3 Å². The summed E-state index contributed by atoms with van der Waals surface area (Å²) in [4.78, 5) is 42.4. The summed E-state index contributed by atoms with van der Waals surface area (Å²) in [6.07, 6.45) is 1.01. The standard InChI is InChI=1S/C20H26FN5O3S/c1-24-17-15(19(28)25(2)20(24)29)18(30-11-14(27)26-8-3-4-9-26)23-16(22-17)12-6-5-7-13(21)10-12/h5-7,10,15-18,22-23H,3-4,8-9,11H2,1-2H3. The molecule has 3 aliphatic heterocycles. The van der Waals surface area contributed by atoms with E-state index in [2.05, 4.69) is 10.6 Å². The molecule has 0 spiro atoms. The first-order valence-electron chi connectivity index (χ1n) is 10.1. The second-order valence-corrected chi connectivity index (χ2v) is 9.03. The molecule has 30 heavy (non-hydrogen) atoms. The first kappa shape index (κ1) is 21.1. The first-order valence-corrected chi connectivity index (χ1v) is 11.1. The molecule has 4 unspecified atom stereocenters. The number of imide groups is 1. The second kappa shape index (κ2) is 8.52. The van der Waals surface area contributed by atoms with E-state index in [1.807, 2.05) is 4.90 Å². The highest BCUT2D eigenvalue weighted by molar-refractivity contribution is 8.00. The Labute approximate surface area is 179 Å². The number of benzene rings is 1. The molecule has 10 heteroatoms. The molecule has 1 aromatic carbocycles. The van der Waals surface area contributed by atoms with Gasteiger partial charge in [-0.3, -0.25) is 25.1 Å². The smallest absolute Gasteiger partial charge is 0.327 e. The van der Waals surface area contributed by atoms with Gasteiger partial charge in [-0.15, -0.1) is 11.8 Å². The van der Waals surface area contributed by atoms with E-state index in [1.54, 1.807) is 19.2 Å². The van der Waals surface area contributed by atoms with E-state index >= 15 is 0 Å². The van der Waals surface area contributed by atoms with Crippen molar-refractivity contribution in [2.45, 2.75) is 30.5 Å². The Balaban J connectivity index is 1.57. The van der Waals surface area contributed by atoms with Gasteiger partial charge in [-0.25, -0.2) is 9.18 Å². The van der Waals surface area contributed by atoms with Crippen LogP contribution in [0.4, 0.5) is 9.18 Å². The lowest BCUT2D eigenvalue weighted by molar-refractivity contribution is -0.140. The number of likely N-dealkylation sites (tertiary alicyclic amines) is 1.